The van der Waals surface area contributed by atoms with Crippen molar-refractivity contribution in [2.75, 3.05) is 13.7 Å². The maximum absolute atomic E-state index is 13.4. The molecular weight excluding hydrogens is 440 g/mol. The topological polar surface area (TPSA) is 84.9 Å². The number of carbonyl (C=O) groups is 2. The maximum atomic E-state index is 13.4. The molecule has 28 heavy (non-hydrogen) atoms. The Labute approximate surface area is 168 Å². The highest BCUT2D eigenvalue weighted by atomic mass is 79.9. The summed E-state index contributed by atoms with van der Waals surface area (Å²) in [5.74, 6) is -2.42. The van der Waals surface area contributed by atoms with Crippen molar-refractivity contribution in [3.8, 4) is 5.75 Å². The van der Waals surface area contributed by atoms with Gasteiger partial charge in [-0.3, -0.25) is 4.79 Å². The summed E-state index contributed by atoms with van der Waals surface area (Å²) < 4.78 is 36.5. The molecule has 0 fully saturated rings. The average Bonchev–Trinajstić information content (AvgIpc) is 2.67. The highest BCUT2D eigenvalue weighted by Gasteiger charge is 2.34. The maximum Gasteiger partial charge on any atom is 0.348 e. The minimum atomic E-state index is -1.99. The molecule has 0 aliphatic heterocycles. The third kappa shape index (κ3) is 5.26. The molecule has 2 unspecified atom stereocenters. The molecule has 0 saturated heterocycles. The first-order valence-electron chi connectivity index (χ1n) is 8.11. The molecule has 0 heterocycles. The van der Waals surface area contributed by atoms with Crippen molar-refractivity contribution in [3.63, 3.8) is 0 Å². The zero-order chi connectivity index (χ0) is 20.9. The van der Waals surface area contributed by atoms with Gasteiger partial charge in [0.25, 0.3) is 5.91 Å². The molecule has 0 spiro atoms. The molecule has 2 aromatic carbocycles. The van der Waals surface area contributed by atoms with Crippen molar-refractivity contribution in [1.29, 1.82) is 0 Å². The quantitative estimate of drug-likeness (QED) is 0.624. The van der Waals surface area contributed by atoms with E-state index in [-0.39, 0.29) is 22.3 Å². The van der Waals surface area contributed by atoms with Gasteiger partial charge < -0.3 is 19.9 Å². The SMILES string of the molecule is COC(=O)C(CNC(=O)C(C)(O)c1ccc(F)c(Br)c1)Oc1ccc(F)cc1. The van der Waals surface area contributed by atoms with E-state index in [0.29, 0.717) is 0 Å². The van der Waals surface area contributed by atoms with Gasteiger partial charge in [-0.1, -0.05) is 6.07 Å². The number of hydrogen-bond acceptors (Lipinski definition) is 5. The number of ether oxygens (including phenoxy) is 2. The molecule has 0 bridgehead atoms. The van der Waals surface area contributed by atoms with E-state index < -0.39 is 35.2 Å². The molecule has 6 nitrogen and oxygen atoms in total. The molecule has 150 valence electrons. The molecule has 2 aromatic rings. The Balaban J connectivity index is 2.10. The highest BCUT2D eigenvalue weighted by molar-refractivity contribution is 9.10. The molecule has 9 heteroatoms. The summed E-state index contributed by atoms with van der Waals surface area (Å²) in [7, 11) is 1.15. The van der Waals surface area contributed by atoms with Crippen molar-refractivity contribution < 1.29 is 33.0 Å². The van der Waals surface area contributed by atoms with E-state index in [1.54, 1.807) is 0 Å². The van der Waals surface area contributed by atoms with E-state index >= 15 is 0 Å². The summed E-state index contributed by atoms with van der Waals surface area (Å²) in [6, 6.07) is 8.60. The first-order valence-corrected chi connectivity index (χ1v) is 8.90. The fourth-order valence-electron chi connectivity index (χ4n) is 2.27. The Morgan fingerprint density at radius 1 is 1.21 bits per heavy atom. The van der Waals surface area contributed by atoms with Crippen molar-refractivity contribution in [3.05, 3.63) is 64.1 Å². The molecule has 1 amide bonds. The van der Waals surface area contributed by atoms with E-state index in [4.69, 9.17) is 4.74 Å². The number of benzene rings is 2. The number of carbonyl (C=O) groups excluding carboxylic acids is 2. The van der Waals surface area contributed by atoms with Crippen LogP contribution >= 0.6 is 15.9 Å². The van der Waals surface area contributed by atoms with Crippen LogP contribution in [-0.4, -0.2) is 36.7 Å². The van der Waals surface area contributed by atoms with Gasteiger partial charge in [0, 0.05) is 0 Å². The lowest BCUT2D eigenvalue weighted by molar-refractivity contribution is -0.149. The van der Waals surface area contributed by atoms with E-state index in [2.05, 4.69) is 26.0 Å². The smallest absolute Gasteiger partial charge is 0.348 e. The monoisotopic (exact) mass is 457 g/mol. The Bertz CT molecular complexity index is 858. The Kier molecular flexibility index (Phi) is 7.09. The molecule has 0 saturated carbocycles. The zero-order valence-electron chi connectivity index (χ0n) is 15.0. The molecule has 2 N–H and O–H groups in total. The first kappa shape index (κ1) is 21.8. The van der Waals surface area contributed by atoms with E-state index in [1.165, 1.54) is 31.2 Å². The number of halogens is 3. The molecule has 0 aliphatic rings. The predicted octanol–water partition coefficient (Wildman–Crippen LogP) is 2.67. The third-order valence-corrected chi connectivity index (χ3v) is 4.54. The van der Waals surface area contributed by atoms with E-state index in [9.17, 15) is 23.5 Å². The van der Waals surface area contributed by atoms with Crippen LogP contribution < -0.4 is 10.1 Å². The summed E-state index contributed by atoms with van der Waals surface area (Å²) in [6.07, 6.45) is -1.23. The summed E-state index contributed by atoms with van der Waals surface area (Å²) in [5, 5.41) is 12.9. The number of aliphatic hydroxyl groups is 1. The van der Waals surface area contributed by atoms with Gasteiger partial charge in [-0.05, 0) is 64.8 Å². The van der Waals surface area contributed by atoms with Crippen LogP contribution in [0.25, 0.3) is 0 Å². The second-order valence-electron chi connectivity index (χ2n) is 5.99. The molecule has 0 aromatic heterocycles. The number of hydrogen-bond donors (Lipinski definition) is 2. The normalized spacial score (nSPS) is 13.9. The van der Waals surface area contributed by atoms with Gasteiger partial charge in [-0.2, -0.15) is 0 Å². The largest absolute Gasteiger partial charge is 0.477 e. The van der Waals surface area contributed by atoms with Gasteiger partial charge in [-0.15, -0.1) is 0 Å². The number of nitrogens with one attached hydrogen (secondary N) is 1. The van der Waals surface area contributed by atoms with Gasteiger partial charge >= 0.3 is 5.97 Å². The van der Waals surface area contributed by atoms with Gasteiger partial charge in [0.05, 0.1) is 18.1 Å². The number of methoxy groups -OCH3 is 1. The Hall–Kier alpha value is -2.52. The van der Waals surface area contributed by atoms with Crippen LogP contribution in [0.4, 0.5) is 8.78 Å². The third-order valence-electron chi connectivity index (χ3n) is 3.93. The summed E-state index contributed by atoms with van der Waals surface area (Å²) in [5.41, 5.74) is -1.85. The van der Waals surface area contributed by atoms with Crippen LogP contribution in [0.2, 0.25) is 0 Å². The fraction of sp³-hybridized carbons (Fsp3) is 0.263. The van der Waals surface area contributed by atoms with Crippen LogP contribution in [0.3, 0.4) is 0 Å². The molecule has 0 radical (unpaired) electrons. The van der Waals surface area contributed by atoms with Crippen LogP contribution in [0.1, 0.15) is 12.5 Å². The van der Waals surface area contributed by atoms with E-state index in [0.717, 1.165) is 25.3 Å². The average molecular weight is 458 g/mol. The lowest BCUT2D eigenvalue weighted by Gasteiger charge is -2.25. The minimum absolute atomic E-state index is 0.0881. The minimum Gasteiger partial charge on any atom is -0.477 e. The van der Waals surface area contributed by atoms with Crippen molar-refractivity contribution in [2.24, 2.45) is 0 Å². The van der Waals surface area contributed by atoms with Gasteiger partial charge in [0.15, 0.2) is 5.60 Å². The standard InChI is InChI=1S/C19H18BrF2NO5/c1-19(26,11-3-8-15(22)14(20)9-11)18(25)23-10-16(17(24)27-2)28-13-6-4-12(21)5-7-13/h3-9,16,26H,10H2,1-2H3,(H,23,25). The fourth-order valence-corrected chi connectivity index (χ4v) is 2.65. The van der Waals surface area contributed by atoms with Crippen LogP contribution in [0, 0.1) is 11.6 Å². The van der Waals surface area contributed by atoms with Crippen molar-refractivity contribution >= 4 is 27.8 Å². The number of amides is 1. The van der Waals surface area contributed by atoms with Crippen molar-refractivity contribution in [1.82, 2.24) is 5.32 Å². The van der Waals surface area contributed by atoms with Crippen LogP contribution in [-0.2, 0) is 19.9 Å². The second kappa shape index (κ2) is 9.11. The summed E-state index contributed by atoms with van der Waals surface area (Å²) in [4.78, 5) is 24.4. The number of esters is 1. The second-order valence-corrected chi connectivity index (χ2v) is 6.85. The molecular formula is C19H18BrF2NO5. The van der Waals surface area contributed by atoms with Crippen LogP contribution in [0.15, 0.2) is 46.9 Å². The Morgan fingerprint density at radius 2 is 1.86 bits per heavy atom. The molecule has 2 atom stereocenters. The predicted molar refractivity (Wildman–Crippen MR) is 99.5 cm³/mol. The number of rotatable bonds is 7. The zero-order valence-corrected chi connectivity index (χ0v) is 16.6. The summed E-state index contributed by atoms with van der Waals surface area (Å²) in [6.45, 7) is 0.914. The molecule has 0 aliphatic carbocycles. The highest BCUT2D eigenvalue weighted by Crippen LogP contribution is 2.26. The van der Waals surface area contributed by atoms with Crippen molar-refractivity contribution in [2.45, 2.75) is 18.6 Å². The van der Waals surface area contributed by atoms with Gasteiger partial charge in [0.1, 0.15) is 17.4 Å². The van der Waals surface area contributed by atoms with Crippen LogP contribution in [0.5, 0.6) is 5.75 Å². The molecule has 2 rings (SSSR count). The lowest BCUT2D eigenvalue weighted by atomic mass is 9.95. The van der Waals surface area contributed by atoms with Gasteiger partial charge in [0.2, 0.25) is 6.10 Å². The first-order chi connectivity index (χ1) is 13.1. The Morgan fingerprint density at radius 3 is 2.43 bits per heavy atom. The summed E-state index contributed by atoms with van der Waals surface area (Å²) >= 11 is 2.99. The van der Waals surface area contributed by atoms with E-state index in [1.807, 2.05) is 0 Å². The van der Waals surface area contributed by atoms with Gasteiger partial charge in [-0.25, -0.2) is 13.6 Å². The lowest BCUT2D eigenvalue weighted by Crippen LogP contribution is -2.48.